The van der Waals surface area contributed by atoms with Crippen molar-refractivity contribution < 1.29 is 9.79 Å². The average Bonchev–Trinajstić information content (AvgIpc) is 2.59. The molecule has 0 amide bonds. The van der Waals surface area contributed by atoms with Crippen LogP contribution in [0.5, 0.6) is 0 Å². The molecule has 0 aliphatic heterocycles. The van der Waals surface area contributed by atoms with Crippen LogP contribution in [0.15, 0.2) is 35.5 Å². The number of halogens is 1. The number of aryl methyl sites for hydroxylation is 1. The zero-order valence-corrected chi connectivity index (χ0v) is 10.2. The standard InChI is InChI=1S/C11H11ClN4O/c1-8(17)13-11-7-15(2)14-16(11)10-6-4-3-5-9(10)12/h3-7H,1-2H3. The molecule has 1 aromatic heterocycles. The first-order valence-electron chi connectivity index (χ1n) is 5.01. The van der Waals surface area contributed by atoms with Crippen LogP contribution in [0, 0.1) is 0 Å². The third-order valence-electron chi connectivity index (χ3n) is 2.10. The highest BCUT2D eigenvalue weighted by molar-refractivity contribution is 6.32. The van der Waals surface area contributed by atoms with E-state index in [0.29, 0.717) is 16.5 Å². The number of hydrogen-bond acceptors (Lipinski definition) is 3. The van der Waals surface area contributed by atoms with E-state index in [1.54, 1.807) is 24.0 Å². The monoisotopic (exact) mass is 250 g/mol. The number of aromatic nitrogens is 3. The van der Waals surface area contributed by atoms with E-state index >= 15 is 0 Å². The van der Waals surface area contributed by atoms with Gasteiger partial charge in [-0.3, -0.25) is 0 Å². The summed E-state index contributed by atoms with van der Waals surface area (Å²) in [4.78, 5) is 3.88. The number of rotatable bonds is 2. The van der Waals surface area contributed by atoms with E-state index in [9.17, 15) is 5.11 Å². The molecule has 0 N–H and O–H groups in total. The summed E-state index contributed by atoms with van der Waals surface area (Å²) >= 11 is 6.08. The minimum Gasteiger partial charge on any atom is -0.862 e. The maximum atomic E-state index is 11.0. The lowest BCUT2D eigenvalue weighted by Crippen LogP contribution is -2.30. The van der Waals surface area contributed by atoms with Gasteiger partial charge in [0, 0.05) is 0 Å². The lowest BCUT2D eigenvalue weighted by Gasteiger charge is -2.01. The Morgan fingerprint density at radius 3 is 2.82 bits per heavy atom. The molecule has 1 heterocycles. The Bertz CT molecular complexity index is 573. The fourth-order valence-corrected chi connectivity index (χ4v) is 1.68. The summed E-state index contributed by atoms with van der Waals surface area (Å²) in [6.07, 6.45) is 1.66. The molecular formula is C11H11ClN4O. The van der Waals surface area contributed by atoms with Crippen LogP contribution in [0.3, 0.4) is 0 Å². The van der Waals surface area contributed by atoms with E-state index in [-0.39, 0.29) is 5.90 Å². The fourth-order valence-electron chi connectivity index (χ4n) is 1.47. The average molecular weight is 251 g/mol. The van der Waals surface area contributed by atoms with Gasteiger partial charge >= 0.3 is 0 Å². The molecule has 2 rings (SSSR count). The summed E-state index contributed by atoms with van der Waals surface area (Å²) in [7, 11) is 1.76. The zero-order valence-electron chi connectivity index (χ0n) is 9.46. The summed E-state index contributed by atoms with van der Waals surface area (Å²) in [6.45, 7) is 1.39. The number of aliphatic imine (C=N–C) groups is 1. The van der Waals surface area contributed by atoms with E-state index in [1.807, 2.05) is 18.2 Å². The van der Waals surface area contributed by atoms with Crippen molar-refractivity contribution in [3.63, 3.8) is 0 Å². The Balaban J connectivity index is 2.60. The molecule has 0 spiro atoms. The molecule has 0 saturated carbocycles. The highest BCUT2D eigenvalue weighted by atomic mass is 35.5. The second-order valence-electron chi connectivity index (χ2n) is 3.54. The molecule has 5 nitrogen and oxygen atoms in total. The molecule has 1 aromatic carbocycles. The maximum Gasteiger partial charge on any atom is 0.288 e. The molecule has 6 heteroatoms. The minimum atomic E-state index is -0.279. The number of para-hydroxylation sites is 1. The smallest absolute Gasteiger partial charge is 0.288 e. The second-order valence-corrected chi connectivity index (χ2v) is 3.95. The lowest BCUT2D eigenvalue weighted by molar-refractivity contribution is -0.731. The highest BCUT2D eigenvalue weighted by Gasteiger charge is 2.17. The third kappa shape index (κ3) is 2.45. The fraction of sp³-hybridized carbons (Fsp3) is 0.182. The normalized spacial score (nSPS) is 11.8. The Morgan fingerprint density at radius 2 is 2.18 bits per heavy atom. The van der Waals surface area contributed by atoms with Crippen molar-refractivity contribution in [2.45, 2.75) is 6.92 Å². The van der Waals surface area contributed by atoms with Gasteiger partial charge in [0.25, 0.3) is 5.82 Å². The largest absolute Gasteiger partial charge is 0.862 e. The van der Waals surface area contributed by atoms with Crippen molar-refractivity contribution in [1.29, 1.82) is 0 Å². The van der Waals surface area contributed by atoms with Crippen LogP contribution >= 0.6 is 11.6 Å². The first-order chi connectivity index (χ1) is 8.08. The van der Waals surface area contributed by atoms with E-state index in [4.69, 9.17) is 11.6 Å². The Kier molecular flexibility index (Phi) is 3.10. The van der Waals surface area contributed by atoms with Gasteiger partial charge in [0.2, 0.25) is 0 Å². The predicted octanol–water partition coefficient (Wildman–Crippen LogP) is 0.760. The lowest BCUT2D eigenvalue weighted by atomic mass is 10.3. The quantitative estimate of drug-likeness (QED) is 0.449. The summed E-state index contributed by atoms with van der Waals surface area (Å²) in [5, 5.41) is 15.8. The Morgan fingerprint density at radius 1 is 1.47 bits per heavy atom. The molecule has 0 unspecified atom stereocenters. The molecule has 17 heavy (non-hydrogen) atoms. The first-order valence-corrected chi connectivity index (χ1v) is 5.39. The van der Waals surface area contributed by atoms with Gasteiger partial charge in [0.15, 0.2) is 11.9 Å². The minimum absolute atomic E-state index is 0.279. The predicted molar refractivity (Wildman–Crippen MR) is 62.5 cm³/mol. The molecule has 0 fully saturated rings. The zero-order chi connectivity index (χ0) is 12.4. The van der Waals surface area contributed by atoms with Gasteiger partial charge < -0.3 is 5.11 Å². The van der Waals surface area contributed by atoms with Gasteiger partial charge in [0.1, 0.15) is 7.05 Å². The van der Waals surface area contributed by atoms with Gasteiger partial charge in [-0.2, -0.15) is 0 Å². The van der Waals surface area contributed by atoms with Crippen LogP contribution < -0.4 is 9.79 Å². The number of hydrogen-bond donors (Lipinski definition) is 0. The second kappa shape index (κ2) is 4.55. The molecule has 0 atom stereocenters. The number of nitrogens with zero attached hydrogens (tertiary/aromatic N) is 4. The summed E-state index contributed by atoms with van der Waals surface area (Å²) in [5.41, 5.74) is 0.690. The molecule has 0 aliphatic carbocycles. The van der Waals surface area contributed by atoms with Crippen LogP contribution in [0.4, 0.5) is 5.82 Å². The van der Waals surface area contributed by atoms with Gasteiger partial charge in [0.05, 0.1) is 10.2 Å². The highest BCUT2D eigenvalue weighted by Crippen LogP contribution is 2.22. The van der Waals surface area contributed by atoms with Gasteiger partial charge in [-0.1, -0.05) is 28.4 Å². The van der Waals surface area contributed by atoms with E-state index in [1.165, 1.54) is 11.6 Å². The van der Waals surface area contributed by atoms with Crippen molar-refractivity contribution >= 4 is 23.3 Å². The van der Waals surface area contributed by atoms with Gasteiger partial charge in [-0.05, 0) is 25.0 Å². The van der Waals surface area contributed by atoms with E-state index in [2.05, 4.69) is 10.2 Å². The first kappa shape index (κ1) is 11.6. The van der Waals surface area contributed by atoms with E-state index < -0.39 is 0 Å². The Hall–Kier alpha value is -1.88. The van der Waals surface area contributed by atoms with Crippen LogP contribution in [0.25, 0.3) is 5.69 Å². The summed E-state index contributed by atoms with van der Waals surface area (Å²) in [6, 6.07) is 7.25. The summed E-state index contributed by atoms with van der Waals surface area (Å²) < 4.78 is 3.11. The van der Waals surface area contributed by atoms with Gasteiger partial charge in [-0.15, -0.1) is 4.68 Å². The molecule has 0 bridgehead atoms. The molecule has 0 radical (unpaired) electrons. The van der Waals surface area contributed by atoms with E-state index in [0.717, 1.165) is 0 Å². The van der Waals surface area contributed by atoms with Crippen molar-refractivity contribution in [2.24, 2.45) is 12.0 Å². The topological polar surface area (TPSA) is 57.1 Å². The molecule has 0 aliphatic rings. The van der Waals surface area contributed by atoms with Crippen LogP contribution in [0.2, 0.25) is 5.02 Å². The SMILES string of the molecule is C/C([O-])=N/c1c[n+](C)nn1-c1ccccc1Cl. The van der Waals surface area contributed by atoms with Crippen LogP contribution in [-0.4, -0.2) is 15.8 Å². The number of benzene rings is 1. The summed E-state index contributed by atoms with van der Waals surface area (Å²) in [5.74, 6) is 0.173. The van der Waals surface area contributed by atoms with Crippen molar-refractivity contribution in [2.75, 3.05) is 0 Å². The van der Waals surface area contributed by atoms with Gasteiger partial charge in [-0.25, -0.2) is 4.99 Å². The van der Waals surface area contributed by atoms with Crippen LogP contribution in [-0.2, 0) is 7.05 Å². The molecular weight excluding hydrogens is 240 g/mol. The molecule has 88 valence electrons. The van der Waals surface area contributed by atoms with Crippen molar-refractivity contribution in [1.82, 2.24) is 9.90 Å². The Labute approximate surface area is 104 Å². The molecule has 2 aromatic rings. The van der Waals surface area contributed by atoms with Crippen molar-refractivity contribution in [3.05, 3.63) is 35.5 Å². The molecule has 0 saturated heterocycles. The van der Waals surface area contributed by atoms with Crippen molar-refractivity contribution in [3.8, 4) is 5.69 Å². The van der Waals surface area contributed by atoms with Crippen LogP contribution in [0.1, 0.15) is 6.92 Å². The maximum absolute atomic E-state index is 11.0. The third-order valence-corrected chi connectivity index (χ3v) is 2.42.